The van der Waals surface area contributed by atoms with E-state index >= 15 is 0 Å². The fraction of sp³-hybridized carbons (Fsp3) is 0.897. The zero-order chi connectivity index (χ0) is 26.1. The Morgan fingerprint density at radius 3 is 0.912 bits per heavy atom. The summed E-state index contributed by atoms with van der Waals surface area (Å²) in [5, 5.41) is 0. The van der Waals surface area contributed by atoms with Crippen LogP contribution >= 0.6 is 0 Å². The molecule has 0 aliphatic heterocycles. The molecule has 0 fully saturated rings. The monoisotopic (exact) mass is 486 g/mol. The molecule has 0 bridgehead atoms. The van der Waals surface area contributed by atoms with Gasteiger partial charge in [-0.15, -0.1) is 0 Å². The van der Waals surface area contributed by atoms with Gasteiger partial charge in [-0.25, -0.2) is 0 Å². The largest absolute Gasteiger partial charge is 0.466 e. The summed E-state index contributed by atoms with van der Waals surface area (Å²) >= 11 is 0. The van der Waals surface area contributed by atoms with Crippen LogP contribution in [0.2, 0.25) is 0 Å². The van der Waals surface area contributed by atoms with Crippen molar-refractivity contribution in [3.05, 3.63) is 0 Å². The van der Waals surface area contributed by atoms with E-state index in [1.165, 1.54) is 103 Å². The van der Waals surface area contributed by atoms with E-state index in [0.717, 1.165) is 12.8 Å². The highest BCUT2D eigenvalue weighted by molar-refractivity contribution is 5.69. The third-order valence-corrected chi connectivity index (χ3v) is 5.58. The van der Waals surface area contributed by atoms with Gasteiger partial charge < -0.3 is 14.3 Å². The summed E-state index contributed by atoms with van der Waals surface area (Å²) in [5.41, 5.74) is 0. The van der Waals surface area contributed by atoms with E-state index in [-0.39, 0.29) is 11.9 Å². The van der Waals surface area contributed by atoms with Crippen molar-refractivity contribution in [2.24, 2.45) is 0 Å². The van der Waals surface area contributed by atoms with Gasteiger partial charge in [-0.3, -0.25) is 9.59 Å². The highest BCUT2D eigenvalue weighted by Crippen LogP contribution is 2.11. The molecule has 0 saturated carbocycles. The Hall–Kier alpha value is -1.39. The maximum atomic E-state index is 11.0. The van der Waals surface area contributed by atoms with Crippen LogP contribution in [0.4, 0.5) is 0 Å². The second-order valence-electron chi connectivity index (χ2n) is 8.77. The molecule has 0 N–H and O–H groups in total. The number of unbranched alkanes of at least 4 members (excludes halogenated alkanes) is 16. The Labute approximate surface area is 212 Å². The average Bonchev–Trinajstić information content (AvgIpc) is 2.84. The predicted molar refractivity (Wildman–Crippen MR) is 144 cm³/mol. The molecule has 0 aromatic rings. The number of ether oxygens (including phenoxy) is 2. The summed E-state index contributed by atoms with van der Waals surface area (Å²) in [4.78, 5) is 30.1. The van der Waals surface area contributed by atoms with E-state index in [2.05, 4.69) is 13.8 Å². The number of carbonyl (C=O) groups excluding carboxylic acids is 3. The van der Waals surface area contributed by atoms with E-state index in [0.29, 0.717) is 26.1 Å². The minimum atomic E-state index is -0.0366. The number of hydrogen-bond donors (Lipinski definition) is 0. The quantitative estimate of drug-likeness (QED) is 0.113. The van der Waals surface area contributed by atoms with Crippen LogP contribution in [0.25, 0.3) is 0 Å². The average molecular weight is 487 g/mol. The van der Waals surface area contributed by atoms with Crippen LogP contribution in [0.15, 0.2) is 0 Å². The van der Waals surface area contributed by atoms with E-state index in [1.807, 2.05) is 20.6 Å². The smallest absolute Gasteiger partial charge is 0.305 e. The van der Waals surface area contributed by atoms with Gasteiger partial charge in [0.1, 0.15) is 6.79 Å². The SMILES string of the molecule is C=O.CCCCCCCCCCCC(=O)OCC.CCCCCCCCCCCC(=O)OCC. The molecule has 0 aliphatic rings. The van der Waals surface area contributed by atoms with Crippen LogP contribution in [0.1, 0.15) is 156 Å². The minimum absolute atomic E-state index is 0.0366. The summed E-state index contributed by atoms with van der Waals surface area (Å²) in [6.07, 6.45) is 24.4. The summed E-state index contributed by atoms with van der Waals surface area (Å²) in [6.45, 7) is 11.2. The van der Waals surface area contributed by atoms with E-state index in [4.69, 9.17) is 14.3 Å². The minimum Gasteiger partial charge on any atom is -0.466 e. The zero-order valence-electron chi connectivity index (χ0n) is 23.3. The van der Waals surface area contributed by atoms with Crippen LogP contribution in [0.3, 0.4) is 0 Å². The van der Waals surface area contributed by atoms with Crippen molar-refractivity contribution in [1.82, 2.24) is 0 Å². The highest BCUT2D eigenvalue weighted by Gasteiger charge is 2.01. The second-order valence-corrected chi connectivity index (χ2v) is 8.77. The van der Waals surface area contributed by atoms with Gasteiger partial charge in [0.05, 0.1) is 13.2 Å². The van der Waals surface area contributed by atoms with Gasteiger partial charge in [0.15, 0.2) is 0 Å². The molecule has 0 aromatic carbocycles. The lowest BCUT2D eigenvalue weighted by Crippen LogP contribution is -2.03. The third kappa shape index (κ3) is 37.9. The Morgan fingerprint density at radius 2 is 0.676 bits per heavy atom. The molecule has 0 unspecified atom stereocenters. The Bertz CT molecular complexity index is 362. The van der Waals surface area contributed by atoms with Crippen molar-refractivity contribution in [2.45, 2.75) is 156 Å². The molecule has 0 saturated heterocycles. The fourth-order valence-corrected chi connectivity index (χ4v) is 3.63. The maximum absolute atomic E-state index is 11.0. The van der Waals surface area contributed by atoms with E-state index < -0.39 is 0 Å². The first-order valence-electron chi connectivity index (χ1n) is 14.2. The lowest BCUT2D eigenvalue weighted by Gasteiger charge is -2.02. The normalized spacial score (nSPS) is 9.88. The first kappa shape index (κ1) is 37.2. The van der Waals surface area contributed by atoms with Gasteiger partial charge in [-0.05, 0) is 26.7 Å². The second kappa shape index (κ2) is 36.2. The van der Waals surface area contributed by atoms with Crippen molar-refractivity contribution in [2.75, 3.05) is 13.2 Å². The standard InChI is InChI=1S/2C14H28O2.CH2O/c2*1-3-5-6-7-8-9-10-11-12-13-14(15)16-4-2;1-2/h2*3-13H2,1-2H3;1H2. The van der Waals surface area contributed by atoms with Crippen LogP contribution in [0, 0.1) is 0 Å². The molecule has 204 valence electrons. The fourth-order valence-electron chi connectivity index (χ4n) is 3.63. The third-order valence-electron chi connectivity index (χ3n) is 5.58. The van der Waals surface area contributed by atoms with Crippen LogP contribution in [-0.4, -0.2) is 31.9 Å². The molecule has 0 spiro atoms. The molecule has 0 atom stereocenters. The Kier molecular flexibility index (Phi) is 39.6. The first-order chi connectivity index (χ1) is 16.6. The summed E-state index contributed by atoms with van der Waals surface area (Å²) in [7, 11) is 0. The van der Waals surface area contributed by atoms with Gasteiger partial charge in [0, 0.05) is 12.8 Å². The molecule has 0 aromatic heterocycles. The maximum Gasteiger partial charge on any atom is 0.305 e. The van der Waals surface area contributed by atoms with Gasteiger partial charge >= 0.3 is 11.9 Å². The summed E-state index contributed by atoms with van der Waals surface area (Å²) in [5.74, 6) is -0.0732. The van der Waals surface area contributed by atoms with E-state index in [9.17, 15) is 9.59 Å². The van der Waals surface area contributed by atoms with E-state index in [1.54, 1.807) is 0 Å². The summed E-state index contributed by atoms with van der Waals surface area (Å²) < 4.78 is 9.75. The van der Waals surface area contributed by atoms with Gasteiger partial charge in [-0.1, -0.05) is 117 Å². The Morgan fingerprint density at radius 1 is 0.441 bits per heavy atom. The lowest BCUT2D eigenvalue weighted by atomic mass is 10.1. The topological polar surface area (TPSA) is 69.7 Å². The molecule has 34 heavy (non-hydrogen) atoms. The predicted octanol–water partition coefficient (Wildman–Crippen LogP) is 8.76. The number of hydrogen-bond acceptors (Lipinski definition) is 5. The first-order valence-corrected chi connectivity index (χ1v) is 14.2. The highest BCUT2D eigenvalue weighted by atomic mass is 16.5. The zero-order valence-corrected chi connectivity index (χ0v) is 23.3. The molecule has 0 amide bonds. The van der Waals surface area contributed by atoms with Gasteiger partial charge in [0.2, 0.25) is 0 Å². The van der Waals surface area contributed by atoms with Crippen LogP contribution in [0.5, 0.6) is 0 Å². The van der Waals surface area contributed by atoms with Crippen LogP contribution in [-0.2, 0) is 23.9 Å². The lowest BCUT2D eigenvalue weighted by molar-refractivity contribution is -0.144. The van der Waals surface area contributed by atoms with Crippen molar-refractivity contribution >= 4 is 18.7 Å². The Balaban J connectivity index is -0.000000526. The molecular formula is C29H58O5. The molecule has 0 radical (unpaired) electrons. The molecule has 0 aliphatic carbocycles. The number of rotatable bonds is 22. The van der Waals surface area contributed by atoms with Crippen molar-refractivity contribution in [3.63, 3.8) is 0 Å². The van der Waals surface area contributed by atoms with Crippen LogP contribution < -0.4 is 0 Å². The molecule has 0 rings (SSSR count). The van der Waals surface area contributed by atoms with Crippen molar-refractivity contribution in [3.8, 4) is 0 Å². The van der Waals surface area contributed by atoms with Gasteiger partial charge in [-0.2, -0.15) is 0 Å². The van der Waals surface area contributed by atoms with Gasteiger partial charge in [0.25, 0.3) is 0 Å². The molecule has 5 nitrogen and oxygen atoms in total. The molecule has 0 heterocycles. The number of esters is 2. The molecular weight excluding hydrogens is 428 g/mol. The number of carbonyl (C=O) groups is 3. The van der Waals surface area contributed by atoms with Crippen molar-refractivity contribution in [1.29, 1.82) is 0 Å². The molecule has 5 heteroatoms. The summed E-state index contributed by atoms with van der Waals surface area (Å²) in [6, 6.07) is 0. The van der Waals surface area contributed by atoms with Crippen molar-refractivity contribution < 1.29 is 23.9 Å².